The van der Waals surface area contributed by atoms with Gasteiger partial charge in [0.15, 0.2) is 5.82 Å². The zero-order valence-electron chi connectivity index (χ0n) is 10.4. The molecule has 0 bridgehead atoms. The van der Waals surface area contributed by atoms with E-state index in [1.165, 1.54) is 0 Å². The first-order chi connectivity index (χ1) is 8.76. The van der Waals surface area contributed by atoms with Crippen LogP contribution >= 0.6 is 0 Å². The predicted molar refractivity (Wildman–Crippen MR) is 67.2 cm³/mol. The first kappa shape index (κ1) is 12.5. The fraction of sp³-hybridized carbons (Fsp3) is 0.417. The Morgan fingerprint density at radius 1 is 1.39 bits per heavy atom. The smallest absolute Gasteiger partial charge is 0.248 e. The molecule has 0 saturated heterocycles. The minimum Gasteiger partial charge on any atom is -0.335 e. The number of carbonyl (C=O) groups is 1. The molecule has 18 heavy (non-hydrogen) atoms. The van der Waals surface area contributed by atoms with Crippen molar-refractivity contribution in [2.45, 2.75) is 26.4 Å². The third kappa shape index (κ3) is 2.48. The van der Waals surface area contributed by atoms with E-state index in [-0.39, 0.29) is 5.78 Å². The number of aromatic nitrogens is 4. The summed E-state index contributed by atoms with van der Waals surface area (Å²) in [4.78, 5) is 20.4. The van der Waals surface area contributed by atoms with Gasteiger partial charge in [0.05, 0.1) is 6.33 Å². The lowest BCUT2D eigenvalue weighted by atomic mass is 10.3. The van der Waals surface area contributed by atoms with Crippen LogP contribution in [0.5, 0.6) is 0 Å². The second kappa shape index (κ2) is 5.59. The molecule has 0 saturated carbocycles. The van der Waals surface area contributed by atoms with Crippen LogP contribution in [-0.2, 0) is 13.1 Å². The van der Waals surface area contributed by atoms with Crippen LogP contribution in [0.15, 0.2) is 24.9 Å². The minimum absolute atomic E-state index is 0.149. The maximum atomic E-state index is 12.2. The van der Waals surface area contributed by atoms with Crippen LogP contribution in [0.4, 0.5) is 0 Å². The molecule has 6 heteroatoms. The minimum atomic E-state index is -0.149. The summed E-state index contributed by atoms with van der Waals surface area (Å²) in [5, 5.41) is 0. The van der Waals surface area contributed by atoms with Gasteiger partial charge in [0.25, 0.3) is 0 Å². The van der Waals surface area contributed by atoms with E-state index in [0.717, 1.165) is 13.0 Å². The number of nitrogens with two attached hydrogens (primary N) is 1. The Hall–Kier alpha value is -1.95. The number of imidazole rings is 2. The molecule has 0 radical (unpaired) electrons. The number of hydrogen-bond donors (Lipinski definition) is 1. The van der Waals surface area contributed by atoms with E-state index in [4.69, 9.17) is 5.73 Å². The lowest BCUT2D eigenvalue weighted by Crippen LogP contribution is -2.12. The molecule has 2 heterocycles. The molecule has 0 aliphatic rings. The Balaban J connectivity index is 2.21. The van der Waals surface area contributed by atoms with Crippen molar-refractivity contribution in [3.05, 3.63) is 36.4 Å². The van der Waals surface area contributed by atoms with Crippen molar-refractivity contribution in [2.24, 2.45) is 5.73 Å². The molecule has 0 fully saturated rings. The topological polar surface area (TPSA) is 78.7 Å². The van der Waals surface area contributed by atoms with Crippen LogP contribution in [-0.4, -0.2) is 31.4 Å². The van der Waals surface area contributed by atoms with E-state index in [2.05, 4.69) is 16.9 Å². The summed E-state index contributed by atoms with van der Waals surface area (Å²) >= 11 is 0. The number of nitrogens with zero attached hydrogens (tertiary/aromatic N) is 4. The number of ketones is 1. The number of hydrogen-bond acceptors (Lipinski definition) is 4. The molecule has 2 N–H and O–H groups in total. The number of rotatable bonds is 6. The van der Waals surface area contributed by atoms with Gasteiger partial charge in [-0.3, -0.25) is 4.79 Å². The average Bonchev–Trinajstić information content (AvgIpc) is 2.98. The molecule has 2 aromatic rings. The molecule has 2 rings (SSSR count). The average molecular weight is 247 g/mol. The number of carbonyl (C=O) groups excluding carboxylic acids is 1. The highest BCUT2D eigenvalue weighted by atomic mass is 16.1. The second-order valence-corrected chi connectivity index (χ2v) is 4.06. The molecule has 96 valence electrons. The van der Waals surface area contributed by atoms with Crippen molar-refractivity contribution in [2.75, 3.05) is 6.54 Å². The summed E-state index contributed by atoms with van der Waals surface area (Å²) in [5.41, 5.74) is 5.86. The first-order valence-electron chi connectivity index (χ1n) is 6.04. The van der Waals surface area contributed by atoms with Gasteiger partial charge < -0.3 is 14.9 Å². The zero-order valence-corrected chi connectivity index (χ0v) is 10.4. The van der Waals surface area contributed by atoms with E-state index < -0.39 is 0 Å². The Morgan fingerprint density at radius 2 is 2.22 bits per heavy atom. The largest absolute Gasteiger partial charge is 0.335 e. The lowest BCUT2D eigenvalue weighted by molar-refractivity contribution is 0.102. The Kier molecular flexibility index (Phi) is 3.88. The first-order valence-corrected chi connectivity index (χ1v) is 6.04. The highest BCUT2D eigenvalue weighted by Gasteiger charge is 2.17. The zero-order chi connectivity index (χ0) is 13.0. The van der Waals surface area contributed by atoms with Crippen molar-refractivity contribution in [1.29, 1.82) is 0 Å². The molecule has 0 aromatic carbocycles. The van der Waals surface area contributed by atoms with Gasteiger partial charge in [0.1, 0.15) is 5.69 Å². The van der Waals surface area contributed by atoms with Gasteiger partial charge >= 0.3 is 0 Å². The van der Waals surface area contributed by atoms with Crippen LogP contribution in [0.1, 0.15) is 29.7 Å². The second-order valence-electron chi connectivity index (χ2n) is 4.06. The maximum absolute atomic E-state index is 12.2. The third-order valence-electron chi connectivity index (χ3n) is 2.64. The van der Waals surface area contributed by atoms with Gasteiger partial charge in [-0.15, -0.1) is 0 Å². The Labute approximate surface area is 105 Å². The predicted octanol–water partition coefficient (Wildman–Crippen LogP) is 0.679. The summed E-state index contributed by atoms with van der Waals surface area (Å²) in [6.07, 6.45) is 7.74. The quantitative estimate of drug-likeness (QED) is 0.761. The van der Waals surface area contributed by atoms with Crippen LogP contribution in [0.25, 0.3) is 0 Å². The van der Waals surface area contributed by atoms with Crippen molar-refractivity contribution < 1.29 is 4.79 Å². The van der Waals surface area contributed by atoms with E-state index in [0.29, 0.717) is 24.6 Å². The normalized spacial score (nSPS) is 10.8. The Morgan fingerprint density at radius 3 is 2.94 bits per heavy atom. The molecular weight excluding hydrogens is 230 g/mol. The summed E-state index contributed by atoms with van der Waals surface area (Å²) in [7, 11) is 0. The van der Waals surface area contributed by atoms with Gasteiger partial charge in [-0.05, 0) is 6.42 Å². The van der Waals surface area contributed by atoms with Crippen molar-refractivity contribution in [3.63, 3.8) is 0 Å². The summed E-state index contributed by atoms with van der Waals surface area (Å²) < 4.78 is 3.66. The Bertz CT molecular complexity index is 528. The van der Waals surface area contributed by atoms with Gasteiger partial charge in [-0.25, -0.2) is 9.97 Å². The van der Waals surface area contributed by atoms with Gasteiger partial charge in [0.2, 0.25) is 5.78 Å². The summed E-state index contributed by atoms with van der Waals surface area (Å²) in [6.45, 7) is 4.02. The van der Waals surface area contributed by atoms with Crippen LogP contribution < -0.4 is 5.73 Å². The molecule has 6 nitrogen and oxygen atoms in total. The highest BCUT2D eigenvalue weighted by Crippen LogP contribution is 2.07. The fourth-order valence-electron chi connectivity index (χ4n) is 1.80. The van der Waals surface area contributed by atoms with Crippen LogP contribution in [0.3, 0.4) is 0 Å². The van der Waals surface area contributed by atoms with E-state index >= 15 is 0 Å². The molecule has 0 spiro atoms. The highest BCUT2D eigenvalue weighted by molar-refractivity contribution is 6.05. The van der Waals surface area contributed by atoms with E-state index in [1.54, 1.807) is 23.3 Å². The van der Waals surface area contributed by atoms with Crippen LogP contribution in [0.2, 0.25) is 0 Å². The van der Waals surface area contributed by atoms with E-state index in [9.17, 15) is 4.79 Å². The van der Waals surface area contributed by atoms with Crippen molar-refractivity contribution in [1.82, 2.24) is 19.1 Å². The summed E-state index contributed by atoms with van der Waals surface area (Å²) in [5.74, 6) is 0.291. The standard InChI is InChI=1S/C12H17N5O/c1-2-5-17-7-4-14-12(17)11(18)10-8-16(6-3-13)9-15-10/h4,7-9H,2-3,5-6,13H2,1H3. The third-order valence-corrected chi connectivity index (χ3v) is 2.64. The molecular formula is C12H17N5O. The van der Waals surface area contributed by atoms with Gasteiger partial charge in [-0.1, -0.05) is 6.92 Å². The molecule has 0 atom stereocenters. The number of aryl methyl sites for hydroxylation is 1. The van der Waals surface area contributed by atoms with Crippen molar-refractivity contribution in [3.8, 4) is 0 Å². The maximum Gasteiger partial charge on any atom is 0.248 e. The molecule has 0 aliphatic heterocycles. The fourth-order valence-corrected chi connectivity index (χ4v) is 1.80. The molecule has 2 aromatic heterocycles. The van der Waals surface area contributed by atoms with Gasteiger partial charge in [-0.2, -0.15) is 0 Å². The summed E-state index contributed by atoms with van der Waals surface area (Å²) in [6, 6.07) is 0. The molecule has 0 aliphatic carbocycles. The van der Waals surface area contributed by atoms with Crippen LogP contribution in [0, 0.1) is 0 Å². The molecule has 0 amide bonds. The monoisotopic (exact) mass is 247 g/mol. The van der Waals surface area contributed by atoms with Gasteiger partial charge in [0, 0.05) is 38.2 Å². The van der Waals surface area contributed by atoms with Crippen molar-refractivity contribution >= 4 is 5.78 Å². The molecule has 0 unspecified atom stereocenters. The van der Waals surface area contributed by atoms with E-state index in [1.807, 2.05) is 10.8 Å². The lowest BCUT2D eigenvalue weighted by Gasteiger charge is -2.03. The SMILES string of the molecule is CCCn1ccnc1C(=O)c1cn(CCN)cn1.